The van der Waals surface area contributed by atoms with Crippen molar-refractivity contribution in [1.29, 1.82) is 0 Å². The van der Waals surface area contributed by atoms with Gasteiger partial charge in [0.1, 0.15) is 0 Å². The molecule has 0 bridgehead atoms. The molecule has 3 aliphatic rings. The first-order valence-electron chi connectivity index (χ1n) is 9.84. The van der Waals surface area contributed by atoms with Crippen molar-refractivity contribution >= 4 is 12.2 Å². The molecule has 0 spiro atoms. The van der Waals surface area contributed by atoms with Crippen LogP contribution < -0.4 is 34.3 Å². The summed E-state index contributed by atoms with van der Waals surface area (Å²) in [5, 5.41) is 0. The quantitative estimate of drug-likeness (QED) is 0.593. The molecule has 4 unspecified atom stereocenters. The van der Waals surface area contributed by atoms with E-state index in [1.54, 1.807) is 14.2 Å². The van der Waals surface area contributed by atoms with Gasteiger partial charge in [0.2, 0.25) is 0 Å². The minimum atomic E-state index is -2.61. The second-order valence-electron chi connectivity index (χ2n) is 8.18. The van der Waals surface area contributed by atoms with E-state index in [4.69, 9.17) is 9.47 Å². The third-order valence-corrected chi connectivity index (χ3v) is 24.6. The summed E-state index contributed by atoms with van der Waals surface area (Å²) in [6.45, 7) is 5.03. The number of hydrogen-bond acceptors (Lipinski definition) is 2. The van der Waals surface area contributed by atoms with E-state index in [1.807, 2.05) is 0 Å². The van der Waals surface area contributed by atoms with E-state index in [9.17, 15) is 0 Å². The third-order valence-electron chi connectivity index (χ3n) is 7.52. The van der Waals surface area contributed by atoms with E-state index in [0.717, 1.165) is 18.8 Å². The van der Waals surface area contributed by atoms with Gasteiger partial charge >= 0.3 is 167 Å². The molecule has 29 heavy (non-hydrogen) atoms. The Morgan fingerprint density at radius 3 is 1.45 bits per heavy atom. The maximum absolute atomic E-state index is 5.65. The first-order chi connectivity index (χ1) is 13.1. The molecule has 0 radical (unpaired) electrons. The molecule has 2 aromatic carbocycles. The fourth-order valence-corrected chi connectivity index (χ4v) is 25.5. The van der Waals surface area contributed by atoms with Crippen molar-refractivity contribution in [1.82, 2.24) is 0 Å². The predicted molar refractivity (Wildman–Crippen MR) is 108 cm³/mol. The topological polar surface area (TPSA) is 18.5 Å². The molecule has 2 nitrogen and oxygen atoms in total. The average molecular weight is 509 g/mol. The number of hydrogen-bond donors (Lipinski definition) is 0. The summed E-state index contributed by atoms with van der Waals surface area (Å²) in [4.78, 5) is 0. The summed E-state index contributed by atoms with van der Waals surface area (Å²) >= 11 is -2.61. The van der Waals surface area contributed by atoms with Crippen LogP contribution in [0, 0.1) is 0 Å². The van der Waals surface area contributed by atoms with Crippen LogP contribution in [-0.2, 0) is 20.3 Å². The van der Waals surface area contributed by atoms with Gasteiger partial charge in [-0.15, -0.1) is 0 Å². The molecular weight excluding hydrogens is 482 g/mol. The maximum Gasteiger partial charge on any atom is -1.00 e. The average Bonchev–Trinajstić information content (AvgIpc) is 3.12. The van der Waals surface area contributed by atoms with Gasteiger partial charge in [0, 0.05) is 0 Å². The Morgan fingerprint density at radius 2 is 1.10 bits per heavy atom. The van der Waals surface area contributed by atoms with Gasteiger partial charge in [0.05, 0.1) is 0 Å². The second-order valence-corrected chi connectivity index (χ2v) is 20.6. The van der Waals surface area contributed by atoms with E-state index in [-0.39, 0.29) is 24.8 Å². The molecule has 5 rings (SSSR count). The van der Waals surface area contributed by atoms with E-state index in [2.05, 4.69) is 74.5 Å². The van der Waals surface area contributed by atoms with Crippen LogP contribution in [0.25, 0.3) is 12.2 Å². The molecule has 0 aromatic heterocycles. The molecule has 1 saturated heterocycles. The molecule has 0 saturated carbocycles. The fraction of sp³-hybridized carbons (Fsp3) is 0.333. The Morgan fingerprint density at radius 1 is 0.690 bits per heavy atom. The Bertz CT molecular complexity index is 905. The van der Waals surface area contributed by atoms with Crippen molar-refractivity contribution in [2.24, 2.45) is 0 Å². The summed E-state index contributed by atoms with van der Waals surface area (Å²) in [7, 11) is 3.56. The first-order valence-corrected chi connectivity index (χ1v) is 15.5. The van der Waals surface area contributed by atoms with Gasteiger partial charge in [-0.25, -0.2) is 0 Å². The Balaban J connectivity index is 0.00000120. The van der Waals surface area contributed by atoms with Gasteiger partial charge in [0.15, 0.2) is 0 Å². The number of rotatable bonds is 4. The number of ether oxygens (including phenoxy) is 2. The smallest absolute Gasteiger partial charge is 1.00 e. The fourth-order valence-electron chi connectivity index (χ4n) is 6.01. The van der Waals surface area contributed by atoms with Gasteiger partial charge in [-0.05, 0) is 0 Å². The van der Waals surface area contributed by atoms with Crippen LogP contribution in [0.5, 0.6) is 11.5 Å². The normalized spacial score (nSPS) is 27.9. The molecular formula is C24H26Cl2O2Zr. The molecule has 1 fully saturated rings. The van der Waals surface area contributed by atoms with E-state index < -0.39 is 20.3 Å². The number of fused-ring (bicyclic) bond motifs is 2. The van der Waals surface area contributed by atoms with E-state index in [1.165, 1.54) is 22.3 Å². The largest absolute Gasteiger partial charge is 1.00 e. The molecule has 2 aromatic rings. The van der Waals surface area contributed by atoms with Crippen LogP contribution in [0.1, 0.15) is 43.4 Å². The predicted octanol–water partition coefficient (Wildman–Crippen LogP) is 0.332. The monoisotopic (exact) mass is 506 g/mol. The van der Waals surface area contributed by atoms with Crippen LogP contribution in [0.4, 0.5) is 0 Å². The first kappa shape index (κ1) is 22.7. The second kappa shape index (κ2) is 8.25. The van der Waals surface area contributed by atoms with Crippen LogP contribution in [0.2, 0.25) is 7.25 Å². The number of allylic oxidation sites excluding steroid dienone is 2. The molecule has 0 amide bonds. The van der Waals surface area contributed by atoms with Crippen LogP contribution >= 0.6 is 0 Å². The summed E-state index contributed by atoms with van der Waals surface area (Å²) in [5.41, 5.74) is 5.62. The Hall–Kier alpha value is -1.02. The van der Waals surface area contributed by atoms with Crippen molar-refractivity contribution in [3.8, 4) is 11.5 Å². The zero-order chi connectivity index (χ0) is 18.8. The van der Waals surface area contributed by atoms with Crippen molar-refractivity contribution < 1.29 is 54.6 Å². The standard InChI is InChI=1S/2C10H9O.C4H8.2ClH.Zr/c2*1-11-10-7-3-5-8-4-2-6-9(8)10;1-3-4-2;;;/h2*2-7H,1H3;3-4H,1-2H3;2*1H;/q;;;;;+2/p-2. The molecule has 5 heteroatoms. The zero-order valence-corrected chi connectivity index (χ0v) is 21.1. The van der Waals surface area contributed by atoms with Gasteiger partial charge in [0.25, 0.3) is 0 Å². The molecule has 1 aliphatic heterocycles. The Kier molecular flexibility index (Phi) is 6.45. The molecule has 152 valence electrons. The van der Waals surface area contributed by atoms with Crippen LogP contribution in [0.3, 0.4) is 0 Å². The van der Waals surface area contributed by atoms with Crippen molar-refractivity contribution in [3.63, 3.8) is 0 Å². The third kappa shape index (κ3) is 3.00. The maximum atomic E-state index is 5.65. The number of benzene rings is 2. The van der Waals surface area contributed by atoms with Gasteiger partial charge < -0.3 is 24.8 Å². The zero-order valence-electron chi connectivity index (χ0n) is 17.2. The molecule has 0 N–H and O–H groups in total. The van der Waals surface area contributed by atoms with Crippen LogP contribution in [-0.4, -0.2) is 14.2 Å². The Labute approximate surface area is 190 Å². The molecule has 1 heterocycles. The molecule has 2 aliphatic carbocycles. The summed E-state index contributed by atoms with van der Waals surface area (Å²) < 4.78 is 14.3. The minimum absolute atomic E-state index is 0. The number of halogens is 2. The van der Waals surface area contributed by atoms with Crippen molar-refractivity contribution in [3.05, 3.63) is 70.8 Å². The summed E-state index contributed by atoms with van der Waals surface area (Å²) in [6, 6.07) is 13.2. The van der Waals surface area contributed by atoms with Gasteiger partial charge in [-0.3, -0.25) is 0 Å². The minimum Gasteiger partial charge on any atom is -1.00 e. The van der Waals surface area contributed by atoms with Crippen LogP contribution in [0.15, 0.2) is 48.6 Å². The number of methoxy groups -OCH3 is 2. The van der Waals surface area contributed by atoms with Gasteiger partial charge in [-0.2, -0.15) is 0 Å². The van der Waals surface area contributed by atoms with Crippen molar-refractivity contribution in [2.75, 3.05) is 14.2 Å². The van der Waals surface area contributed by atoms with Gasteiger partial charge in [-0.1, -0.05) is 0 Å². The SMILES string of the molecule is COc1cccc2c1C=C[CH]2[Zr+2]1([CH]2C=Cc3c(OC)cccc32)[CH](C)[CH]1C.[Cl-].[Cl-]. The van der Waals surface area contributed by atoms with Crippen molar-refractivity contribution in [2.45, 2.75) is 28.4 Å². The van der Waals surface area contributed by atoms with E-state index >= 15 is 0 Å². The summed E-state index contributed by atoms with van der Waals surface area (Å²) in [6.07, 6.45) is 9.66. The van der Waals surface area contributed by atoms with E-state index in [0.29, 0.717) is 7.25 Å². The summed E-state index contributed by atoms with van der Waals surface area (Å²) in [5.74, 6) is 2.02. The molecule has 4 atom stereocenters.